The van der Waals surface area contributed by atoms with E-state index in [0.717, 1.165) is 0 Å². The maximum absolute atomic E-state index is 13.5. The molecule has 1 saturated heterocycles. The fraction of sp³-hybridized carbons (Fsp3) is 0.333. The fourth-order valence-electron chi connectivity index (χ4n) is 3.19. The van der Waals surface area contributed by atoms with Gasteiger partial charge in [-0.05, 0) is 55.3 Å². The van der Waals surface area contributed by atoms with E-state index < -0.39 is 25.9 Å². The summed E-state index contributed by atoms with van der Waals surface area (Å²) < 4.78 is 57.3. The number of ether oxygens (including phenoxy) is 1. The minimum Gasteiger partial charge on any atom is -0.497 e. The number of aryl methyl sites for hydroxylation is 1. The van der Waals surface area contributed by atoms with Crippen molar-refractivity contribution in [2.24, 2.45) is 0 Å². The summed E-state index contributed by atoms with van der Waals surface area (Å²) in [6.45, 7) is 1.68. The number of anilines is 1. The van der Waals surface area contributed by atoms with Gasteiger partial charge in [0.2, 0.25) is 0 Å². The lowest BCUT2D eigenvalue weighted by Crippen LogP contribution is -2.41. The zero-order chi connectivity index (χ0) is 19.8. The molecule has 1 aliphatic heterocycles. The van der Waals surface area contributed by atoms with Gasteiger partial charge in [-0.2, -0.15) is 0 Å². The molecule has 6 nitrogen and oxygen atoms in total. The third-order valence-electron chi connectivity index (χ3n) is 4.55. The van der Waals surface area contributed by atoms with Crippen molar-refractivity contribution in [3.63, 3.8) is 0 Å². The van der Waals surface area contributed by atoms with Crippen LogP contribution in [-0.2, 0) is 19.9 Å². The second kappa shape index (κ2) is 7.33. The van der Waals surface area contributed by atoms with Crippen molar-refractivity contribution in [2.75, 3.05) is 22.9 Å². The summed E-state index contributed by atoms with van der Waals surface area (Å²) >= 11 is 6.02. The lowest BCUT2D eigenvalue weighted by atomic mass is 10.2. The molecule has 1 heterocycles. The highest BCUT2D eigenvalue weighted by molar-refractivity contribution is 7.93. The number of methoxy groups -OCH3 is 1. The molecular formula is C18H20ClNO5S2. The summed E-state index contributed by atoms with van der Waals surface area (Å²) in [7, 11) is -5.78. The van der Waals surface area contributed by atoms with Crippen LogP contribution in [0.4, 0.5) is 5.69 Å². The van der Waals surface area contributed by atoms with Crippen LogP contribution in [0, 0.1) is 6.92 Å². The highest BCUT2D eigenvalue weighted by atomic mass is 35.5. The maximum atomic E-state index is 13.5. The van der Waals surface area contributed by atoms with E-state index >= 15 is 0 Å². The molecular weight excluding hydrogens is 410 g/mol. The summed E-state index contributed by atoms with van der Waals surface area (Å²) in [5, 5.41) is 0.299. The predicted molar refractivity (Wildman–Crippen MR) is 106 cm³/mol. The van der Waals surface area contributed by atoms with Crippen molar-refractivity contribution in [3.8, 4) is 5.75 Å². The van der Waals surface area contributed by atoms with Crippen molar-refractivity contribution in [3.05, 3.63) is 53.1 Å². The Hall–Kier alpha value is -1.77. The lowest BCUT2D eigenvalue weighted by Gasteiger charge is -2.30. The quantitative estimate of drug-likeness (QED) is 0.729. The van der Waals surface area contributed by atoms with E-state index in [1.807, 2.05) is 0 Å². The standard InChI is InChI=1S/C18H20ClNO5S2/c1-13-3-4-14(19)11-18(13)27(23,24)20(16-9-10-26(21,22)12-16)15-5-7-17(25-2)8-6-15/h3-8,11,16H,9-10,12H2,1-2H3/t16-/m0/s1. The molecule has 1 atom stereocenters. The highest BCUT2D eigenvalue weighted by Gasteiger charge is 2.39. The van der Waals surface area contributed by atoms with E-state index in [1.54, 1.807) is 43.3 Å². The first-order chi connectivity index (χ1) is 12.6. The minimum absolute atomic E-state index is 0.0334. The van der Waals surface area contributed by atoms with E-state index in [4.69, 9.17) is 16.3 Å². The van der Waals surface area contributed by atoms with Gasteiger partial charge >= 0.3 is 0 Å². The average Bonchev–Trinajstić information content (AvgIpc) is 2.97. The highest BCUT2D eigenvalue weighted by Crippen LogP contribution is 2.33. The molecule has 1 aliphatic rings. The fourth-order valence-corrected chi connectivity index (χ4v) is 7.16. The third kappa shape index (κ3) is 4.07. The zero-order valence-corrected chi connectivity index (χ0v) is 17.3. The van der Waals surface area contributed by atoms with Crippen LogP contribution in [0.25, 0.3) is 0 Å². The molecule has 0 bridgehead atoms. The number of rotatable bonds is 5. The summed E-state index contributed by atoms with van der Waals surface area (Å²) in [6.07, 6.45) is 0.243. The van der Waals surface area contributed by atoms with Crippen LogP contribution < -0.4 is 9.04 Å². The van der Waals surface area contributed by atoms with Crippen LogP contribution in [-0.4, -0.2) is 41.5 Å². The first kappa shape index (κ1) is 20.0. The molecule has 3 rings (SSSR count). The zero-order valence-electron chi connectivity index (χ0n) is 14.9. The van der Waals surface area contributed by atoms with Gasteiger partial charge in [-0.15, -0.1) is 0 Å². The van der Waals surface area contributed by atoms with Gasteiger partial charge in [0.1, 0.15) is 5.75 Å². The van der Waals surface area contributed by atoms with Crippen LogP contribution in [0.5, 0.6) is 5.75 Å². The molecule has 0 saturated carbocycles. The van der Waals surface area contributed by atoms with Gasteiger partial charge in [-0.25, -0.2) is 16.8 Å². The Balaban J connectivity index is 2.15. The number of nitrogens with zero attached hydrogens (tertiary/aromatic N) is 1. The van der Waals surface area contributed by atoms with Gasteiger partial charge in [0, 0.05) is 5.02 Å². The van der Waals surface area contributed by atoms with Crippen molar-refractivity contribution in [1.82, 2.24) is 0 Å². The number of hydrogen-bond donors (Lipinski definition) is 0. The van der Waals surface area contributed by atoms with E-state index in [2.05, 4.69) is 0 Å². The second-order valence-corrected chi connectivity index (χ2v) is 10.9. The molecule has 0 radical (unpaired) electrons. The Morgan fingerprint density at radius 1 is 1.15 bits per heavy atom. The molecule has 0 amide bonds. The van der Waals surface area contributed by atoms with Gasteiger partial charge in [0.25, 0.3) is 10.0 Å². The molecule has 0 aliphatic carbocycles. The molecule has 2 aromatic carbocycles. The summed E-state index contributed by atoms with van der Waals surface area (Å²) in [6, 6.07) is 10.5. The first-order valence-corrected chi connectivity index (χ1v) is 11.9. The Kier molecular flexibility index (Phi) is 5.42. The number of halogens is 1. The lowest BCUT2D eigenvalue weighted by molar-refractivity contribution is 0.415. The van der Waals surface area contributed by atoms with Crippen LogP contribution in [0.3, 0.4) is 0 Å². The SMILES string of the molecule is COc1ccc(N([C@H]2CCS(=O)(=O)C2)S(=O)(=O)c2cc(Cl)ccc2C)cc1. The van der Waals surface area contributed by atoms with Gasteiger partial charge in [0.05, 0.1) is 35.2 Å². The van der Waals surface area contributed by atoms with E-state index in [1.165, 1.54) is 17.5 Å². The molecule has 27 heavy (non-hydrogen) atoms. The first-order valence-electron chi connectivity index (χ1n) is 8.29. The van der Waals surface area contributed by atoms with Gasteiger partial charge in [-0.1, -0.05) is 17.7 Å². The number of sulfonamides is 1. The molecule has 0 aromatic heterocycles. The summed E-state index contributed by atoms with van der Waals surface area (Å²) in [5.74, 6) is 0.334. The molecule has 146 valence electrons. The number of benzene rings is 2. The average molecular weight is 430 g/mol. The normalized spacial score (nSPS) is 19.0. The Morgan fingerprint density at radius 2 is 1.81 bits per heavy atom. The monoisotopic (exact) mass is 429 g/mol. The van der Waals surface area contributed by atoms with Crippen molar-refractivity contribution >= 4 is 37.1 Å². The molecule has 0 unspecified atom stereocenters. The molecule has 1 fully saturated rings. The van der Waals surface area contributed by atoms with Gasteiger partial charge in [-0.3, -0.25) is 4.31 Å². The Morgan fingerprint density at radius 3 is 2.37 bits per heavy atom. The molecule has 0 spiro atoms. The summed E-state index contributed by atoms with van der Waals surface area (Å²) in [5.41, 5.74) is 0.927. The van der Waals surface area contributed by atoms with Gasteiger partial charge < -0.3 is 4.74 Å². The minimum atomic E-state index is -4.02. The largest absolute Gasteiger partial charge is 0.497 e. The molecule has 9 heteroatoms. The van der Waals surface area contributed by atoms with Crippen molar-refractivity contribution < 1.29 is 21.6 Å². The number of hydrogen-bond acceptors (Lipinski definition) is 5. The van der Waals surface area contributed by atoms with Crippen molar-refractivity contribution in [2.45, 2.75) is 24.3 Å². The van der Waals surface area contributed by atoms with E-state index in [0.29, 0.717) is 22.0 Å². The summed E-state index contributed by atoms with van der Waals surface area (Å²) in [4.78, 5) is 0.0649. The van der Waals surface area contributed by atoms with Crippen molar-refractivity contribution in [1.29, 1.82) is 0 Å². The molecule has 2 aromatic rings. The maximum Gasteiger partial charge on any atom is 0.264 e. The Bertz CT molecular complexity index is 1050. The van der Waals surface area contributed by atoms with Crippen LogP contribution in [0.2, 0.25) is 5.02 Å². The van der Waals surface area contributed by atoms with Crippen LogP contribution in [0.1, 0.15) is 12.0 Å². The topological polar surface area (TPSA) is 80.8 Å². The molecule has 0 N–H and O–H groups in total. The van der Waals surface area contributed by atoms with Gasteiger partial charge in [0.15, 0.2) is 9.84 Å². The van der Waals surface area contributed by atoms with E-state index in [-0.39, 0.29) is 22.8 Å². The Labute approximate surface area is 164 Å². The predicted octanol–water partition coefficient (Wildman–Crippen LogP) is 3.04. The smallest absolute Gasteiger partial charge is 0.264 e. The third-order valence-corrected chi connectivity index (χ3v) is 8.56. The van der Waals surface area contributed by atoms with Crippen LogP contribution in [0.15, 0.2) is 47.4 Å². The number of sulfone groups is 1. The van der Waals surface area contributed by atoms with E-state index in [9.17, 15) is 16.8 Å². The second-order valence-electron chi connectivity index (χ2n) is 6.47. The van der Waals surface area contributed by atoms with Crippen LogP contribution >= 0.6 is 11.6 Å².